The second kappa shape index (κ2) is 29.4. The molecule has 15 nitrogen and oxygen atoms in total. The van der Waals surface area contributed by atoms with Crippen LogP contribution in [0.25, 0.3) is 45.6 Å². The van der Waals surface area contributed by atoms with Crippen molar-refractivity contribution in [1.82, 2.24) is 39.9 Å². The van der Waals surface area contributed by atoms with Crippen LogP contribution in [0.1, 0.15) is 31.9 Å². The maximum Gasteiger partial charge on any atom is 2.00 e. The van der Waals surface area contributed by atoms with Crippen LogP contribution in [0.3, 0.4) is 0 Å². The van der Waals surface area contributed by atoms with Gasteiger partial charge >= 0.3 is 83.0 Å². The molecule has 2 N–H and O–H groups in total. The molecular weight excluding hydrogens is 1130 g/mol. The number of rotatable bonds is 10. The van der Waals surface area contributed by atoms with Crippen molar-refractivity contribution in [2.75, 3.05) is 10.9 Å². The summed E-state index contributed by atoms with van der Waals surface area (Å²) in [4.78, 5) is 35.0. The van der Waals surface area contributed by atoms with Crippen molar-refractivity contribution in [3.05, 3.63) is 182 Å². The zero-order valence-corrected chi connectivity index (χ0v) is 43.3. The molecule has 0 unspecified atom stereocenters. The van der Waals surface area contributed by atoms with Crippen LogP contribution in [-0.2, 0) is 17.1 Å². The molecule has 0 aliphatic carbocycles. The first kappa shape index (κ1) is 67.2. The van der Waals surface area contributed by atoms with Crippen molar-refractivity contribution >= 4 is 39.4 Å². The molecule has 8 aromatic rings. The minimum Gasteiger partial charge on any atom is 2.00 e. The molecule has 0 atom stereocenters. The van der Waals surface area contributed by atoms with E-state index in [9.17, 15) is 50.4 Å². The first-order valence-corrected chi connectivity index (χ1v) is 25.1. The van der Waals surface area contributed by atoms with Gasteiger partial charge in [-0.3, -0.25) is 40.8 Å². The summed E-state index contributed by atoms with van der Waals surface area (Å²) < 4.78 is 118. The summed E-state index contributed by atoms with van der Waals surface area (Å²) in [6.07, 6.45) is 17.4. The maximum atomic E-state index is 9.87. The van der Waals surface area contributed by atoms with Crippen molar-refractivity contribution in [3.8, 4) is 63.8 Å². The van der Waals surface area contributed by atoms with Gasteiger partial charge in [0.2, 0.25) is 0 Å². The number of nitriles is 3. The van der Waals surface area contributed by atoms with Gasteiger partial charge in [0, 0.05) is 70.3 Å². The number of nitrogens with zero attached hydrogens (tertiary/aromatic N) is 13. The van der Waals surface area contributed by atoms with Crippen molar-refractivity contribution in [1.29, 1.82) is 15.8 Å². The van der Waals surface area contributed by atoms with E-state index in [0.717, 1.165) is 68.1 Å². The minimum atomic E-state index is -10.7. The molecule has 8 aromatic heterocycles. The summed E-state index contributed by atoms with van der Waals surface area (Å²) in [5.41, 5.74) is 15.8. The second-order valence-corrected chi connectivity index (χ2v) is 17.8. The summed E-state index contributed by atoms with van der Waals surface area (Å²) in [6.45, 7) is 4.29. The van der Waals surface area contributed by atoms with Gasteiger partial charge in [-0.1, -0.05) is 24.3 Å². The van der Waals surface area contributed by atoms with Crippen LogP contribution in [0.15, 0.2) is 181 Å². The number of hydrogen-bond donors (Lipinski definition) is 2. The number of hydrogen-bond acceptors (Lipinski definition) is 15. The Morgan fingerprint density at radius 1 is 0.385 bits per heavy atom. The average Bonchev–Trinajstić information content (AvgIpc) is 3.37. The van der Waals surface area contributed by atoms with E-state index in [1.165, 1.54) is 20.8 Å². The molecule has 0 fully saturated rings. The molecule has 8 heterocycles. The Hall–Kier alpha value is -8.85. The maximum absolute atomic E-state index is 10.7. The standard InChI is InChI=1S/2C21H16N6.3C2H3N.2F6P.Fe/c2*1-3-9-23-18(5-1)20-13-17(27-25-15-16-7-11-22-12-8-16)14-21(26-20)19-6-2-4-10-24-19;3*1-2-3;2*1-7(2,3,4,5)6;/h2*1-15H,(H,26,27);3*1H3;;;/q;;;;;2*-1;+2/b2*25-15+;;;;;;. The summed E-state index contributed by atoms with van der Waals surface area (Å²) in [6, 6.07) is 43.4. The van der Waals surface area contributed by atoms with Crippen molar-refractivity contribution in [3.63, 3.8) is 0 Å². The molecular formula is C48H41F12FeN15P2. The van der Waals surface area contributed by atoms with E-state index in [-0.39, 0.29) is 17.1 Å². The number of hydrazone groups is 2. The monoisotopic (exact) mass is 1170 g/mol. The van der Waals surface area contributed by atoms with Gasteiger partial charge in [0.05, 0.1) is 87.6 Å². The molecule has 30 heteroatoms. The fraction of sp³-hybridized carbons (Fsp3) is 0.0625. The number of nitrogens with one attached hydrogen (secondary N) is 2. The van der Waals surface area contributed by atoms with E-state index < -0.39 is 15.6 Å². The van der Waals surface area contributed by atoms with Crippen LogP contribution in [0.5, 0.6) is 0 Å². The van der Waals surface area contributed by atoms with Crippen molar-refractivity contribution in [2.45, 2.75) is 20.8 Å². The smallest absolute Gasteiger partial charge is 2.00 e. The molecule has 410 valence electrons. The summed E-state index contributed by atoms with van der Waals surface area (Å²) in [5, 5.41) is 30.6. The number of anilines is 2. The zero-order valence-electron chi connectivity index (χ0n) is 40.4. The van der Waals surface area contributed by atoms with Gasteiger partial charge in [-0.15, -0.1) is 0 Å². The Balaban J connectivity index is 0.000000556. The predicted molar refractivity (Wildman–Crippen MR) is 273 cm³/mol. The third-order valence-corrected chi connectivity index (χ3v) is 7.59. The van der Waals surface area contributed by atoms with E-state index in [1.807, 2.05) is 121 Å². The zero-order chi connectivity index (χ0) is 57.6. The van der Waals surface area contributed by atoms with E-state index in [0.29, 0.717) is 0 Å². The van der Waals surface area contributed by atoms with Gasteiger partial charge in [-0.2, -0.15) is 26.0 Å². The number of aromatic nitrogens is 8. The van der Waals surface area contributed by atoms with Crippen molar-refractivity contribution in [2.24, 2.45) is 10.2 Å². The van der Waals surface area contributed by atoms with E-state index in [2.05, 4.69) is 51.0 Å². The predicted octanol–water partition coefficient (Wildman–Crippen LogP) is 16.4. The summed E-state index contributed by atoms with van der Waals surface area (Å²) in [7, 11) is -21.3. The van der Waals surface area contributed by atoms with Gasteiger partial charge < -0.3 is 0 Å². The first-order valence-electron chi connectivity index (χ1n) is 21.0. The van der Waals surface area contributed by atoms with E-state index >= 15 is 0 Å². The number of halogens is 12. The van der Waals surface area contributed by atoms with Gasteiger partial charge in [0.25, 0.3) is 0 Å². The Bertz CT molecular complexity index is 2870. The summed E-state index contributed by atoms with van der Waals surface area (Å²) in [5.74, 6) is 0. The molecule has 0 saturated heterocycles. The molecule has 8 rings (SSSR count). The Kier molecular flexibility index (Phi) is 25.4. The molecule has 78 heavy (non-hydrogen) atoms. The molecule has 0 spiro atoms. The number of pyridine rings is 8. The third-order valence-electron chi connectivity index (χ3n) is 7.59. The van der Waals surface area contributed by atoms with Gasteiger partial charge in [-0.05, 0) is 108 Å². The average molecular weight is 1170 g/mol. The second-order valence-electron chi connectivity index (χ2n) is 14.0. The van der Waals surface area contributed by atoms with Gasteiger partial charge in [0.1, 0.15) is 0 Å². The summed E-state index contributed by atoms with van der Waals surface area (Å²) >= 11 is 0. The third kappa shape index (κ3) is 35.4. The molecule has 0 radical (unpaired) electrons. The Labute approximate surface area is 448 Å². The van der Waals surface area contributed by atoms with Crippen LogP contribution >= 0.6 is 15.6 Å². The van der Waals surface area contributed by atoms with E-state index in [4.69, 9.17) is 25.8 Å². The van der Waals surface area contributed by atoms with Crippen LogP contribution in [0.2, 0.25) is 0 Å². The SMILES string of the molecule is C(=N\Nc1cc(-c2ccccn2)nc(-c2ccccn2)c1)/c1ccncc1.C(=N\Nc1cc(-c2ccccn2)nc(-c2ccccn2)c1)/c1ccncc1.CC#N.CC#N.CC#N.F[P-](F)(F)(F)(F)F.F[P-](F)(F)(F)(F)F.[Fe+2]. The normalized spacial score (nSPS) is 11.9. The van der Waals surface area contributed by atoms with Crippen LogP contribution < -0.4 is 10.9 Å². The van der Waals surface area contributed by atoms with E-state index in [1.54, 1.807) is 80.2 Å². The molecule has 0 aliphatic heterocycles. The van der Waals surface area contributed by atoms with Crippen LogP contribution in [-0.4, -0.2) is 52.3 Å². The molecule has 0 saturated carbocycles. The minimum absolute atomic E-state index is 0. The fourth-order valence-electron chi connectivity index (χ4n) is 5.03. The van der Waals surface area contributed by atoms with Crippen LogP contribution in [0, 0.1) is 34.0 Å². The first-order chi connectivity index (χ1) is 35.9. The quantitative estimate of drug-likeness (QED) is 0.0428. The topological polar surface area (TPSA) is 223 Å². The van der Waals surface area contributed by atoms with Crippen molar-refractivity contribution < 1.29 is 67.4 Å². The van der Waals surface area contributed by atoms with Gasteiger partial charge in [-0.25, -0.2) is 9.97 Å². The fourth-order valence-corrected chi connectivity index (χ4v) is 5.03. The van der Waals surface area contributed by atoms with Gasteiger partial charge in [0.15, 0.2) is 0 Å². The molecule has 0 amide bonds. The Morgan fingerprint density at radius 3 is 0.795 bits per heavy atom. The largest absolute Gasteiger partial charge is 2.00 e. The van der Waals surface area contributed by atoms with Crippen LogP contribution in [0.4, 0.5) is 61.7 Å². The molecule has 0 aromatic carbocycles. The molecule has 0 aliphatic rings. The Morgan fingerprint density at radius 2 is 0.603 bits per heavy atom. The molecule has 0 bridgehead atoms.